The van der Waals surface area contributed by atoms with Gasteiger partial charge in [0.05, 0.1) is 0 Å². The largest absolute Gasteiger partial charge is 0.356 e. The second-order valence-electron chi connectivity index (χ2n) is 2.97. The summed E-state index contributed by atoms with van der Waals surface area (Å²) in [6, 6.07) is 1.76. The van der Waals surface area contributed by atoms with E-state index >= 15 is 0 Å². The highest BCUT2D eigenvalue weighted by atomic mass is 32.1. The van der Waals surface area contributed by atoms with Crippen molar-refractivity contribution in [3.05, 3.63) is 22.4 Å². The van der Waals surface area contributed by atoms with Gasteiger partial charge in [0.25, 0.3) is 5.91 Å². The van der Waals surface area contributed by atoms with Crippen LogP contribution in [0.2, 0.25) is 0 Å². The molecule has 0 aliphatic rings. The third-order valence-corrected chi connectivity index (χ3v) is 2.48. The zero-order valence-corrected chi connectivity index (χ0v) is 9.39. The summed E-state index contributed by atoms with van der Waals surface area (Å²) in [5.74, 6) is -0.163. The minimum atomic E-state index is -0.124. The Morgan fingerprint density at radius 3 is 2.80 bits per heavy atom. The molecule has 0 saturated carbocycles. The lowest BCUT2D eigenvalue weighted by Crippen LogP contribution is -2.30. The van der Waals surface area contributed by atoms with E-state index in [9.17, 15) is 9.59 Å². The fourth-order valence-electron chi connectivity index (χ4n) is 1.07. The number of amides is 2. The van der Waals surface area contributed by atoms with Gasteiger partial charge in [-0.3, -0.25) is 9.59 Å². The van der Waals surface area contributed by atoms with Gasteiger partial charge in [0.2, 0.25) is 5.91 Å². The average molecular weight is 226 g/mol. The van der Waals surface area contributed by atoms with Gasteiger partial charge in [0.1, 0.15) is 0 Å². The molecule has 0 aliphatic heterocycles. The van der Waals surface area contributed by atoms with E-state index in [1.807, 2.05) is 12.3 Å². The second kappa shape index (κ2) is 6.19. The fraction of sp³-hybridized carbons (Fsp3) is 0.400. The molecule has 1 aromatic rings. The van der Waals surface area contributed by atoms with E-state index in [2.05, 4.69) is 10.6 Å². The molecule has 0 bridgehead atoms. The Balaban J connectivity index is 2.21. The molecule has 82 valence electrons. The molecule has 0 radical (unpaired) electrons. The lowest BCUT2D eigenvalue weighted by Gasteiger charge is -2.03. The smallest absolute Gasteiger partial charge is 0.252 e. The maximum absolute atomic E-state index is 11.4. The molecule has 15 heavy (non-hydrogen) atoms. The highest BCUT2D eigenvalue weighted by molar-refractivity contribution is 7.08. The lowest BCUT2D eigenvalue weighted by atomic mass is 10.3. The Morgan fingerprint density at radius 2 is 2.20 bits per heavy atom. The molecule has 0 aromatic carbocycles. The highest BCUT2D eigenvalue weighted by Crippen LogP contribution is 2.04. The fourth-order valence-corrected chi connectivity index (χ4v) is 1.71. The molecule has 0 aliphatic carbocycles. The minimum Gasteiger partial charge on any atom is -0.356 e. The van der Waals surface area contributed by atoms with Gasteiger partial charge in [-0.25, -0.2) is 0 Å². The van der Waals surface area contributed by atoms with E-state index in [-0.39, 0.29) is 11.8 Å². The molecule has 1 heterocycles. The van der Waals surface area contributed by atoms with Crippen molar-refractivity contribution in [3.63, 3.8) is 0 Å². The zero-order valence-electron chi connectivity index (χ0n) is 8.58. The molecular formula is C10H14N2O2S. The summed E-state index contributed by atoms with van der Waals surface area (Å²) < 4.78 is 0. The number of hydrogen-bond donors (Lipinski definition) is 2. The standard InChI is InChI=1S/C10H14N2O2S/c1-2-11-9(13)3-5-12-10(14)8-4-6-15-7-8/h4,6-7H,2-3,5H2,1H3,(H,11,13)(H,12,14). The van der Waals surface area contributed by atoms with Gasteiger partial charge in [-0.15, -0.1) is 0 Å². The van der Waals surface area contributed by atoms with Crippen molar-refractivity contribution in [1.29, 1.82) is 0 Å². The van der Waals surface area contributed by atoms with Crippen molar-refractivity contribution in [2.75, 3.05) is 13.1 Å². The van der Waals surface area contributed by atoms with Crippen LogP contribution in [0.25, 0.3) is 0 Å². The van der Waals surface area contributed by atoms with E-state index in [0.29, 0.717) is 25.1 Å². The molecule has 2 N–H and O–H groups in total. The summed E-state index contributed by atoms with van der Waals surface area (Å²) in [4.78, 5) is 22.5. The van der Waals surface area contributed by atoms with Gasteiger partial charge in [-0.05, 0) is 18.4 Å². The van der Waals surface area contributed by atoms with Crippen LogP contribution in [0, 0.1) is 0 Å². The Bertz CT molecular complexity index is 322. The van der Waals surface area contributed by atoms with Crippen molar-refractivity contribution < 1.29 is 9.59 Å². The van der Waals surface area contributed by atoms with Gasteiger partial charge < -0.3 is 10.6 Å². The van der Waals surface area contributed by atoms with Gasteiger partial charge in [-0.1, -0.05) is 0 Å². The summed E-state index contributed by atoms with van der Waals surface area (Å²) in [5.41, 5.74) is 0.649. The lowest BCUT2D eigenvalue weighted by molar-refractivity contribution is -0.120. The maximum atomic E-state index is 11.4. The summed E-state index contributed by atoms with van der Waals surface area (Å²) >= 11 is 1.48. The Kier molecular flexibility index (Phi) is 4.83. The molecule has 0 atom stereocenters. The van der Waals surface area contributed by atoms with E-state index in [1.54, 1.807) is 11.4 Å². The normalized spacial score (nSPS) is 9.67. The van der Waals surface area contributed by atoms with E-state index in [0.717, 1.165) is 0 Å². The monoisotopic (exact) mass is 226 g/mol. The van der Waals surface area contributed by atoms with Crippen LogP contribution in [0.5, 0.6) is 0 Å². The Morgan fingerprint density at radius 1 is 1.40 bits per heavy atom. The number of rotatable bonds is 5. The van der Waals surface area contributed by atoms with E-state index in [4.69, 9.17) is 0 Å². The molecule has 4 nitrogen and oxygen atoms in total. The number of hydrogen-bond acceptors (Lipinski definition) is 3. The van der Waals surface area contributed by atoms with Gasteiger partial charge in [-0.2, -0.15) is 11.3 Å². The van der Waals surface area contributed by atoms with Crippen LogP contribution >= 0.6 is 11.3 Å². The predicted molar refractivity (Wildman–Crippen MR) is 60.0 cm³/mol. The molecule has 2 amide bonds. The first kappa shape index (κ1) is 11.7. The summed E-state index contributed by atoms with van der Waals surface area (Å²) in [5, 5.41) is 8.97. The van der Waals surface area contributed by atoms with E-state index in [1.165, 1.54) is 11.3 Å². The summed E-state index contributed by atoms with van der Waals surface area (Å²) in [6.45, 7) is 2.86. The molecular weight excluding hydrogens is 212 g/mol. The van der Waals surface area contributed by atoms with Crippen molar-refractivity contribution in [2.45, 2.75) is 13.3 Å². The average Bonchev–Trinajstić information content (AvgIpc) is 2.70. The number of thiophene rings is 1. The molecule has 5 heteroatoms. The molecule has 1 rings (SSSR count). The van der Waals surface area contributed by atoms with Crippen molar-refractivity contribution in [1.82, 2.24) is 10.6 Å². The third-order valence-electron chi connectivity index (χ3n) is 1.79. The zero-order chi connectivity index (χ0) is 11.1. The SMILES string of the molecule is CCNC(=O)CCNC(=O)c1ccsc1. The van der Waals surface area contributed by atoms with Crippen LogP contribution in [0.15, 0.2) is 16.8 Å². The van der Waals surface area contributed by atoms with Crippen molar-refractivity contribution >= 4 is 23.2 Å². The quantitative estimate of drug-likeness (QED) is 0.787. The first-order chi connectivity index (χ1) is 7.24. The van der Waals surface area contributed by atoms with Crippen LogP contribution in [-0.2, 0) is 4.79 Å². The first-order valence-electron chi connectivity index (χ1n) is 4.81. The van der Waals surface area contributed by atoms with Crippen LogP contribution in [0.4, 0.5) is 0 Å². The Labute approximate surface area is 92.7 Å². The molecule has 0 unspecified atom stereocenters. The number of carbonyl (C=O) groups excluding carboxylic acids is 2. The summed E-state index contributed by atoms with van der Waals surface area (Å²) in [7, 11) is 0. The molecule has 0 saturated heterocycles. The topological polar surface area (TPSA) is 58.2 Å². The number of carbonyl (C=O) groups is 2. The van der Waals surface area contributed by atoms with Crippen molar-refractivity contribution in [3.8, 4) is 0 Å². The molecule has 0 fully saturated rings. The van der Waals surface area contributed by atoms with Gasteiger partial charge >= 0.3 is 0 Å². The molecule has 0 spiro atoms. The number of nitrogens with one attached hydrogen (secondary N) is 2. The summed E-state index contributed by atoms with van der Waals surface area (Å²) in [6.07, 6.45) is 0.323. The van der Waals surface area contributed by atoms with Crippen LogP contribution in [0.1, 0.15) is 23.7 Å². The second-order valence-corrected chi connectivity index (χ2v) is 3.75. The van der Waals surface area contributed by atoms with Crippen molar-refractivity contribution in [2.24, 2.45) is 0 Å². The minimum absolute atomic E-state index is 0.0388. The first-order valence-corrected chi connectivity index (χ1v) is 5.75. The van der Waals surface area contributed by atoms with Gasteiger partial charge in [0, 0.05) is 30.5 Å². The van der Waals surface area contributed by atoms with Crippen LogP contribution in [-0.4, -0.2) is 24.9 Å². The maximum Gasteiger partial charge on any atom is 0.252 e. The van der Waals surface area contributed by atoms with Crippen LogP contribution in [0.3, 0.4) is 0 Å². The Hall–Kier alpha value is -1.36. The third kappa shape index (κ3) is 4.12. The van der Waals surface area contributed by atoms with Crippen LogP contribution < -0.4 is 10.6 Å². The molecule has 1 aromatic heterocycles. The van der Waals surface area contributed by atoms with E-state index < -0.39 is 0 Å². The highest BCUT2D eigenvalue weighted by Gasteiger charge is 2.05. The predicted octanol–water partition coefficient (Wildman–Crippen LogP) is 1.00. The van der Waals surface area contributed by atoms with Gasteiger partial charge in [0.15, 0.2) is 0 Å².